The Kier molecular flexibility index (Phi) is 6.32. The SMILES string of the molecule is O=C(N/N=C\c1cccc([N+](=O)[O-])c1)c1nn(Cc2ccc(Br)cc2)cc1Br. The van der Waals surface area contributed by atoms with Crippen molar-refractivity contribution >= 4 is 49.7 Å². The zero-order valence-corrected chi connectivity index (χ0v) is 17.4. The number of hydrogen-bond donors (Lipinski definition) is 1. The van der Waals surface area contributed by atoms with Gasteiger partial charge in [0.05, 0.1) is 22.2 Å². The summed E-state index contributed by atoms with van der Waals surface area (Å²) in [6, 6.07) is 13.7. The van der Waals surface area contributed by atoms with E-state index in [2.05, 4.69) is 47.5 Å². The van der Waals surface area contributed by atoms with Gasteiger partial charge in [-0.2, -0.15) is 10.2 Å². The van der Waals surface area contributed by atoms with Crippen LogP contribution in [0.15, 0.2) is 68.8 Å². The first-order chi connectivity index (χ1) is 13.4. The number of carbonyl (C=O) groups excluding carboxylic acids is 1. The zero-order chi connectivity index (χ0) is 20.1. The minimum absolute atomic E-state index is 0.0512. The highest BCUT2D eigenvalue weighted by molar-refractivity contribution is 9.10. The van der Waals surface area contributed by atoms with E-state index in [0.29, 0.717) is 16.6 Å². The molecule has 1 amide bonds. The van der Waals surface area contributed by atoms with Gasteiger partial charge in [0.1, 0.15) is 0 Å². The number of aromatic nitrogens is 2. The molecule has 28 heavy (non-hydrogen) atoms. The molecule has 0 bridgehead atoms. The Morgan fingerprint density at radius 3 is 2.71 bits per heavy atom. The number of rotatable bonds is 6. The lowest BCUT2D eigenvalue weighted by molar-refractivity contribution is -0.384. The van der Waals surface area contributed by atoms with Gasteiger partial charge in [-0.3, -0.25) is 19.6 Å². The highest BCUT2D eigenvalue weighted by atomic mass is 79.9. The van der Waals surface area contributed by atoms with Crippen LogP contribution in [0.2, 0.25) is 0 Å². The van der Waals surface area contributed by atoms with E-state index in [1.807, 2.05) is 24.3 Å². The maximum atomic E-state index is 12.3. The Hall–Kier alpha value is -2.85. The molecule has 0 atom stereocenters. The van der Waals surface area contributed by atoms with E-state index in [4.69, 9.17) is 0 Å². The zero-order valence-electron chi connectivity index (χ0n) is 14.3. The molecule has 1 heterocycles. The molecule has 0 unspecified atom stereocenters. The quantitative estimate of drug-likeness (QED) is 0.308. The number of hydrogen-bond acceptors (Lipinski definition) is 5. The molecule has 0 fully saturated rings. The van der Waals surface area contributed by atoms with Gasteiger partial charge in [0.25, 0.3) is 11.6 Å². The van der Waals surface area contributed by atoms with Crippen LogP contribution in [-0.2, 0) is 6.54 Å². The van der Waals surface area contributed by atoms with E-state index < -0.39 is 10.8 Å². The van der Waals surface area contributed by atoms with Gasteiger partial charge < -0.3 is 0 Å². The summed E-state index contributed by atoms with van der Waals surface area (Å²) >= 11 is 6.71. The molecular weight excluding hydrogens is 494 g/mol. The van der Waals surface area contributed by atoms with Crippen LogP contribution in [0.4, 0.5) is 5.69 Å². The van der Waals surface area contributed by atoms with Gasteiger partial charge in [0.2, 0.25) is 0 Å². The number of carbonyl (C=O) groups is 1. The summed E-state index contributed by atoms with van der Waals surface area (Å²) in [5.41, 5.74) is 4.04. The van der Waals surface area contributed by atoms with Crippen molar-refractivity contribution in [2.75, 3.05) is 0 Å². The predicted octanol–water partition coefficient (Wildman–Crippen LogP) is 4.13. The molecule has 0 radical (unpaired) electrons. The van der Waals surface area contributed by atoms with Gasteiger partial charge in [-0.25, -0.2) is 5.43 Å². The van der Waals surface area contributed by atoms with E-state index >= 15 is 0 Å². The van der Waals surface area contributed by atoms with Gasteiger partial charge in [-0.1, -0.05) is 40.2 Å². The average Bonchev–Trinajstić information content (AvgIpc) is 3.04. The number of halogens is 2. The third-order valence-electron chi connectivity index (χ3n) is 3.65. The molecule has 2 aromatic carbocycles. The van der Waals surface area contributed by atoms with Gasteiger partial charge in [-0.05, 0) is 33.6 Å². The maximum Gasteiger partial charge on any atom is 0.293 e. The maximum absolute atomic E-state index is 12.3. The van der Waals surface area contributed by atoms with Crippen molar-refractivity contribution in [3.63, 3.8) is 0 Å². The smallest absolute Gasteiger partial charge is 0.266 e. The Labute approximate surface area is 176 Å². The Balaban J connectivity index is 1.66. The number of nitro benzene ring substituents is 1. The number of nitro groups is 1. The van der Waals surface area contributed by atoms with Gasteiger partial charge in [0, 0.05) is 28.4 Å². The van der Waals surface area contributed by atoms with Crippen LogP contribution in [0.25, 0.3) is 0 Å². The van der Waals surface area contributed by atoms with Crippen molar-refractivity contribution in [3.8, 4) is 0 Å². The van der Waals surface area contributed by atoms with E-state index in [1.165, 1.54) is 18.3 Å². The second-order valence-electron chi connectivity index (χ2n) is 5.70. The minimum atomic E-state index is -0.497. The second kappa shape index (κ2) is 8.89. The normalized spacial score (nSPS) is 10.9. The predicted molar refractivity (Wildman–Crippen MR) is 111 cm³/mol. The second-order valence-corrected chi connectivity index (χ2v) is 7.47. The summed E-state index contributed by atoms with van der Waals surface area (Å²) in [6.07, 6.45) is 3.04. The monoisotopic (exact) mass is 505 g/mol. The number of nitrogens with one attached hydrogen (secondary N) is 1. The standard InChI is InChI=1S/C18H13Br2N5O3/c19-14-6-4-12(5-7-14)10-24-11-16(20)17(23-24)18(26)22-21-9-13-2-1-3-15(8-13)25(27)28/h1-9,11H,10H2,(H,22,26)/b21-9-. The van der Waals surface area contributed by atoms with E-state index in [9.17, 15) is 14.9 Å². The molecular formula is C18H13Br2N5O3. The molecule has 3 aromatic rings. The van der Waals surface area contributed by atoms with Crippen LogP contribution in [-0.4, -0.2) is 26.8 Å². The number of hydrazone groups is 1. The molecule has 0 aliphatic carbocycles. The summed E-state index contributed by atoms with van der Waals surface area (Å²) in [6.45, 7) is 0.510. The Morgan fingerprint density at radius 1 is 1.25 bits per heavy atom. The highest BCUT2D eigenvalue weighted by Crippen LogP contribution is 2.17. The molecule has 0 saturated carbocycles. The molecule has 3 rings (SSSR count). The fourth-order valence-corrected chi connectivity index (χ4v) is 3.11. The van der Waals surface area contributed by atoms with Gasteiger partial charge in [0.15, 0.2) is 5.69 Å². The van der Waals surface area contributed by atoms with E-state index in [-0.39, 0.29) is 11.4 Å². The van der Waals surface area contributed by atoms with Crippen molar-refractivity contribution < 1.29 is 9.72 Å². The molecule has 1 aromatic heterocycles. The lowest BCUT2D eigenvalue weighted by Crippen LogP contribution is -2.19. The van der Waals surface area contributed by atoms with Crippen molar-refractivity contribution in [2.24, 2.45) is 5.10 Å². The molecule has 0 aliphatic rings. The third kappa shape index (κ3) is 5.11. The first-order valence-electron chi connectivity index (χ1n) is 7.97. The van der Waals surface area contributed by atoms with Crippen LogP contribution >= 0.6 is 31.9 Å². The van der Waals surface area contributed by atoms with Crippen LogP contribution in [0, 0.1) is 10.1 Å². The molecule has 142 valence electrons. The summed E-state index contributed by atoms with van der Waals surface area (Å²) in [5, 5.41) is 18.9. The van der Waals surface area contributed by atoms with Crippen LogP contribution in [0.1, 0.15) is 21.6 Å². The average molecular weight is 507 g/mol. The van der Waals surface area contributed by atoms with Crippen LogP contribution < -0.4 is 5.43 Å². The van der Waals surface area contributed by atoms with Crippen molar-refractivity contribution in [2.45, 2.75) is 6.54 Å². The van der Waals surface area contributed by atoms with Gasteiger partial charge in [-0.15, -0.1) is 0 Å². The van der Waals surface area contributed by atoms with E-state index in [0.717, 1.165) is 10.0 Å². The summed E-state index contributed by atoms with van der Waals surface area (Å²) in [5.74, 6) is -0.497. The Morgan fingerprint density at radius 2 is 2.00 bits per heavy atom. The van der Waals surface area contributed by atoms with Crippen molar-refractivity contribution in [1.82, 2.24) is 15.2 Å². The number of nitrogens with zero attached hydrogens (tertiary/aromatic N) is 4. The number of benzene rings is 2. The van der Waals surface area contributed by atoms with Crippen LogP contribution in [0.5, 0.6) is 0 Å². The molecule has 0 saturated heterocycles. The minimum Gasteiger partial charge on any atom is -0.266 e. The third-order valence-corrected chi connectivity index (χ3v) is 4.76. The first kappa shape index (κ1) is 19.9. The fourth-order valence-electron chi connectivity index (χ4n) is 2.35. The topological polar surface area (TPSA) is 102 Å². The lowest BCUT2D eigenvalue weighted by atomic mass is 10.2. The largest absolute Gasteiger partial charge is 0.293 e. The van der Waals surface area contributed by atoms with Crippen molar-refractivity contribution in [3.05, 3.63) is 90.6 Å². The van der Waals surface area contributed by atoms with E-state index in [1.54, 1.807) is 23.0 Å². The molecule has 1 N–H and O–H groups in total. The summed E-state index contributed by atoms with van der Waals surface area (Å²) in [4.78, 5) is 22.6. The Bertz CT molecular complexity index is 1050. The molecule has 0 aliphatic heterocycles. The fraction of sp³-hybridized carbons (Fsp3) is 0.0556. The highest BCUT2D eigenvalue weighted by Gasteiger charge is 2.15. The number of amides is 1. The summed E-state index contributed by atoms with van der Waals surface area (Å²) in [7, 11) is 0. The van der Waals surface area contributed by atoms with Gasteiger partial charge >= 0.3 is 0 Å². The lowest BCUT2D eigenvalue weighted by Gasteiger charge is -2.02. The molecule has 0 spiro atoms. The first-order valence-corrected chi connectivity index (χ1v) is 9.56. The summed E-state index contributed by atoms with van der Waals surface area (Å²) < 4.78 is 3.17. The molecule has 10 heteroatoms. The number of non-ortho nitro benzene ring substituents is 1. The molecule has 8 nitrogen and oxygen atoms in total. The van der Waals surface area contributed by atoms with Crippen molar-refractivity contribution in [1.29, 1.82) is 0 Å². The van der Waals surface area contributed by atoms with Crippen LogP contribution in [0.3, 0.4) is 0 Å².